The molecule has 2 aromatic carbocycles. The zero-order chi connectivity index (χ0) is 14.7. The van der Waals surface area contributed by atoms with Crippen LogP contribution < -0.4 is 4.90 Å². The van der Waals surface area contributed by atoms with Gasteiger partial charge in [0.1, 0.15) is 13.2 Å². The van der Waals surface area contributed by atoms with Gasteiger partial charge in [-0.1, -0.05) is 48.5 Å². The third-order valence-electron chi connectivity index (χ3n) is 3.56. The van der Waals surface area contributed by atoms with Crippen LogP contribution in [-0.4, -0.2) is 19.1 Å². The molecule has 3 rings (SSSR count). The highest BCUT2D eigenvalue weighted by Gasteiger charge is 2.28. The van der Waals surface area contributed by atoms with Gasteiger partial charge in [-0.25, -0.2) is 0 Å². The van der Waals surface area contributed by atoms with Gasteiger partial charge < -0.3 is 9.64 Å². The standard InChI is InChI=1S/C17H16ClNO2/c18-15-10-19(16-9-5-4-8-14(15)16)11-17(20)21-12-13-6-2-1-3-7-13/h1-9,15H,10-12H2. The Kier molecular flexibility index (Phi) is 4.11. The van der Waals surface area contributed by atoms with Crippen LogP contribution in [0.5, 0.6) is 0 Å². The molecule has 0 aromatic heterocycles. The summed E-state index contributed by atoms with van der Waals surface area (Å²) in [7, 11) is 0. The monoisotopic (exact) mass is 301 g/mol. The number of para-hydroxylation sites is 1. The van der Waals surface area contributed by atoms with Gasteiger partial charge in [0, 0.05) is 12.2 Å². The number of alkyl halides is 1. The fraction of sp³-hybridized carbons (Fsp3) is 0.235. The Bertz CT molecular complexity index is 630. The van der Waals surface area contributed by atoms with Crippen LogP contribution >= 0.6 is 11.6 Å². The summed E-state index contributed by atoms with van der Waals surface area (Å²) in [4.78, 5) is 14.0. The molecule has 0 bridgehead atoms. The molecule has 1 aliphatic heterocycles. The largest absolute Gasteiger partial charge is 0.459 e. The summed E-state index contributed by atoms with van der Waals surface area (Å²) in [6.45, 7) is 1.17. The molecule has 2 aromatic rings. The minimum absolute atomic E-state index is 0.0666. The number of hydrogen-bond acceptors (Lipinski definition) is 3. The number of ether oxygens (including phenoxy) is 1. The maximum absolute atomic E-state index is 12.0. The van der Waals surface area contributed by atoms with Gasteiger partial charge in [0.15, 0.2) is 0 Å². The summed E-state index contributed by atoms with van der Waals surface area (Å²) in [5.74, 6) is -0.237. The number of halogens is 1. The van der Waals surface area contributed by atoms with E-state index >= 15 is 0 Å². The Morgan fingerprint density at radius 3 is 2.67 bits per heavy atom. The normalized spacial score (nSPS) is 16.6. The van der Waals surface area contributed by atoms with Crippen LogP contribution in [-0.2, 0) is 16.1 Å². The lowest BCUT2D eigenvalue weighted by molar-refractivity contribution is -0.143. The van der Waals surface area contributed by atoms with Crippen LogP contribution in [0.15, 0.2) is 54.6 Å². The van der Waals surface area contributed by atoms with Crippen molar-refractivity contribution in [3.63, 3.8) is 0 Å². The van der Waals surface area contributed by atoms with E-state index in [0.29, 0.717) is 13.2 Å². The average molecular weight is 302 g/mol. The molecule has 1 atom stereocenters. The second-order valence-electron chi connectivity index (χ2n) is 5.05. The third-order valence-corrected chi connectivity index (χ3v) is 3.93. The SMILES string of the molecule is O=C(CN1CC(Cl)c2ccccc21)OCc1ccccc1. The molecule has 0 aliphatic carbocycles. The number of esters is 1. The molecule has 0 radical (unpaired) electrons. The fourth-order valence-electron chi connectivity index (χ4n) is 2.52. The molecule has 0 fully saturated rings. The number of fused-ring (bicyclic) bond motifs is 1. The molecule has 1 aliphatic rings. The van der Waals surface area contributed by atoms with Gasteiger partial charge in [0.05, 0.1) is 5.38 Å². The number of carbonyl (C=O) groups excluding carboxylic acids is 1. The van der Waals surface area contributed by atoms with Gasteiger partial charge in [-0.15, -0.1) is 11.6 Å². The van der Waals surface area contributed by atoms with E-state index in [-0.39, 0.29) is 17.9 Å². The van der Waals surface area contributed by atoms with Crippen LogP contribution in [0.3, 0.4) is 0 Å². The van der Waals surface area contributed by atoms with Gasteiger partial charge in [0.2, 0.25) is 0 Å². The number of benzene rings is 2. The molecule has 21 heavy (non-hydrogen) atoms. The Balaban J connectivity index is 1.59. The van der Waals surface area contributed by atoms with Crippen molar-refractivity contribution in [2.45, 2.75) is 12.0 Å². The van der Waals surface area contributed by atoms with Crippen molar-refractivity contribution in [3.05, 3.63) is 65.7 Å². The van der Waals surface area contributed by atoms with E-state index in [2.05, 4.69) is 0 Å². The number of hydrogen-bond donors (Lipinski definition) is 0. The van der Waals surface area contributed by atoms with Crippen molar-refractivity contribution in [2.24, 2.45) is 0 Å². The number of rotatable bonds is 4. The number of anilines is 1. The molecule has 108 valence electrons. The predicted octanol–water partition coefficient (Wildman–Crippen LogP) is 3.53. The van der Waals surface area contributed by atoms with Crippen molar-refractivity contribution in [3.8, 4) is 0 Å². The van der Waals surface area contributed by atoms with Crippen molar-refractivity contribution in [1.82, 2.24) is 0 Å². The summed E-state index contributed by atoms with van der Waals surface area (Å²) < 4.78 is 5.32. The molecule has 0 saturated heterocycles. The minimum Gasteiger partial charge on any atom is -0.459 e. The summed E-state index contributed by atoms with van der Waals surface area (Å²) in [5.41, 5.74) is 3.09. The second-order valence-corrected chi connectivity index (χ2v) is 5.58. The van der Waals surface area contributed by atoms with E-state index < -0.39 is 0 Å². The van der Waals surface area contributed by atoms with E-state index in [4.69, 9.17) is 16.3 Å². The van der Waals surface area contributed by atoms with E-state index in [9.17, 15) is 4.79 Å². The molecule has 0 N–H and O–H groups in total. The van der Waals surface area contributed by atoms with Crippen molar-refractivity contribution in [1.29, 1.82) is 0 Å². The zero-order valence-corrected chi connectivity index (χ0v) is 12.3. The fourth-order valence-corrected chi connectivity index (χ4v) is 2.87. The molecule has 3 nitrogen and oxygen atoms in total. The zero-order valence-electron chi connectivity index (χ0n) is 11.5. The maximum Gasteiger partial charge on any atom is 0.325 e. The second kappa shape index (κ2) is 6.19. The van der Waals surface area contributed by atoms with E-state index in [1.807, 2.05) is 59.5 Å². The van der Waals surface area contributed by atoms with Gasteiger partial charge in [-0.3, -0.25) is 4.79 Å². The lowest BCUT2D eigenvalue weighted by atomic mass is 10.2. The smallest absolute Gasteiger partial charge is 0.325 e. The van der Waals surface area contributed by atoms with Crippen molar-refractivity contribution in [2.75, 3.05) is 18.0 Å². The van der Waals surface area contributed by atoms with Crippen LogP contribution in [0.4, 0.5) is 5.69 Å². The highest BCUT2D eigenvalue weighted by molar-refractivity contribution is 6.22. The third kappa shape index (κ3) is 3.19. The minimum atomic E-state index is -0.237. The summed E-state index contributed by atoms with van der Waals surface area (Å²) in [5, 5.41) is -0.0666. The lowest BCUT2D eigenvalue weighted by Gasteiger charge is -2.18. The quantitative estimate of drug-likeness (QED) is 0.639. The van der Waals surface area contributed by atoms with Crippen LogP contribution in [0, 0.1) is 0 Å². The first-order valence-electron chi connectivity index (χ1n) is 6.91. The summed E-state index contributed by atoms with van der Waals surface area (Å²) in [6.07, 6.45) is 0. The van der Waals surface area contributed by atoms with Gasteiger partial charge in [0.25, 0.3) is 0 Å². The number of nitrogens with zero attached hydrogens (tertiary/aromatic N) is 1. The predicted molar refractivity (Wildman–Crippen MR) is 83.5 cm³/mol. The molecule has 4 heteroatoms. The highest BCUT2D eigenvalue weighted by Crippen LogP contribution is 2.37. The first-order valence-corrected chi connectivity index (χ1v) is 7.35. The maximum atomic E-state index is 12.0. The summed E-state index contributed by atoms with van der Waals surface area (Å²) in [6, 6.07) is 17.6. The molecular formula is C17H16ClNO2. The van der Waals surface area contributed by atoms with Gasteiger partial charge >= 0.3 is 5.97 Å². The first-order chi connectivity index (χ1) is 10.2. The average Bonchev–Trinajstić information content (AvgIpc) is 2.83. The molecule has 0 spiro atoms. The lowest BCUT2D eigenvalue weighted by Crippen LogP contribution is -2.29. The van der Waals surface area contributed by atoms with Gasteiger partial charge in [-0.2, -0.15) is 0 Å². The first kappa shape index (κ1) is 14.0. The molecule has 1 heterocycles. The Hall–Kier alpha value is -2.00. The highest BCUT2D eigenvalue weighted by atomic mass is 35.5. The van der Waals surface area contributed by atoms with Gasteiger partial charge in [-0.05, 0) is 17.2 Å². The molecule has 1 unspecified atom stereocenters. The number of carbonyl (C=O) groups is 1. The Labute approximate surface area is 129 Å². The van der Waals surface area contributed by atoms with E-state index in [0.717, 1.165) is 16.8 Å². The topological polar surface area (TPSA) is 29.5 Å². The van der Waals surface area contributed by atoms with E-state index in [1.165, 1.54) is 0 Å². The van der Waals surface area contributed by atoms with E-state index in [1.54, 1.807) is 0 Å². The molecular weight excluding hydrogens is 286 g/mol. The van der Waals surface area contributed by atoms with Crippen LogP contribution in [0.1, 0.15) is 16.5 Å². The summed E-state index contributed by atoms with van der Waals surface area (Å²) >= 11 is 6.30. The Morgan fingerprint density at radius 1 is 1.14 bits per heavy atom. The molecule has 0 amide bonds. The van der Waals surface area contributed by atoms with Crippen molar-refractivity contribution >= 4 is 23.3 Å². The Morgan fingerprint density at radius 2 is 1.86 bits per heavy atom. The van der Waals surface area contributed by atoms with Crippen LogP contribution in [0.25, 0.3) is 0 Å². The van der Waals surface area contributed by atoms with Crippen molar-refractivity contribution < 1.29 is 9.53 Å². The van der Waals surface area contributed by atoms with Crippen LogP contribution in [0.2, 0.25) is 0 Å². The molecule has 0 saturated carbocycles.